The molecule has 0 saturated carbocycles. The summed E-state index contributed by atoms with van der Waals surface area (Å²) in [5, 5.41) is 3.89. The Kier molecular flexibility index (Phi) is 38.0. The van der Waals surface area contributed by atoms with Crippen molar-refractivity contribution >= 4 is 92.5 Å². The summed E-state index contributed by atoms with van der Waals surface area (Å²) in [7, 11) is 1.13. The lowest BCUT2D eigenvalue weighted by molar-refractivity contribution is 0.0666. The van der Waals surface area contributed by atoms with Gasteiger partial charge in [-0.2, -0.15) is 8.78 Å². The van der Waals surface area contributed by atoms with Gasteiger partial charge in [0.05, 0.1) is 139 Å². The van der Waals surface area contributed by atoms with Crippen molar-refractivity contribution in [2.24, 2.45) is 0 Å². The van der Waals surface area contributed by atoms with Crippen LogP contribution in [0, 0.1) is 13.8 Å². The number of anilines is 1. The lowest BCUT2D eigenvalue weighted by Gasteiger charge is -2.32. The molecular formula is C107H136ClF2N19O8S2. The van der Waals surface area contributed by atoms with Crippen LogP contribution in [0.3, 0.4) is 0 Å². The number of halogens is 3. The molecule has 2 aliphatic rings. The zero-order valence-electron chi connectivity index (χ0n) is 82.8. The third-order valence-corrected chi connectivity index (χ3v) is 29.2. The van der Waals surface area contributed by atoms with Crippen LogP contribution in [0.15, 0.2) is 235 Å². The summed E-state index contributed by atoms with van der Waals surface area (Å²) in [6.07, 6.45) is 13.3. The van der Waals surface area contributed by atoms with Gasteiger partial charge >= 0.3 is 6.55 Å². The van der Waals surface area contributed by atoms with Gasteiger partial charge in [-0.05, 0) is 265 Å². The van der Waals surface area contributed by atoms with Crippen LogP contribution in [0.2, 0.25) is 5.02 Å². The third kappa shape index (κ3) is 27.3. The normalized spacial score (nSPS) is 13.8. The van der Waals surface area contributed by atoms with Crippen LogP contribution >= 0.6 is 11.6 Å². The second kappa shape index (κ2) is 50.5. The second-order valence-corrected chi connectivity index (χ2v) is 40.4. The highest BCUT2D eigenvalue weighted by molar-refractivity contribution is 7.89. The summed E-state index contributed by atoms with van der Waals surface area (Å²) in [5.41, 5.74) is 14.0. The molecule has 2 atom stereocenters. The van der Waals surface area contributed by atoms with Crippen molar-refractivity contribution in [2.45, 2.75) is 207 Å². The molecule has 9 heterocycles. The highest BCUT2D eigenvalue weighted by Gasteiger charge is 2.29. The number of fused-ring (bicyclic) bond motifs is 5. The van der Waals surface area contributed by atoms with Crippen LogP contribution in [-0.2, 0) is 83.7 Å². The van der Waals surface area contributed by atoms with Gasteiger partial charge in [0.15, 0.2) is 5.75 Å². The van der Waals surface area contributed by atoms with Crippen molar-refractivity contribution in [1.82, 2.24) is 85.9 Å². The number of alkyl halides is 2. The molecule has 17 rings (SSSR count). The molecule has 27 nitrogen and oxygen atoms in total. The first-order valence-electron chi connectivity index (χ1n) is 48.4. The molecule has 8 aromatic carbocycles. The highest BCUT2D eigenvalue weighted by Crippen LogP contribution is 2.36. The largest absolute Gasteiger partial charge is 0.492 e. The number of pyridine rings is 2. The number of piperidine rings is 2. The Morgan fingerprint density at radius 1 is 0.460 bits per heavy atom. The fourth-order valence-electron chi connectivity index (χ4n) is 17.3. The molecule has 0 amide bonds. The van der Waals surface area contributed by atoms with Gasteiger partial charge in [0.2, 0.25) is 20.0 Å². The molecule has 0 spiro atoms. The van der Waals surface area contributed by atoms with E-state index in [9.17, 15) is 25.6 Å². The Morgan fingerprint density at radius 2 is 0.993 bits per heavy atom. The number of nitrogens with one attached hydrogen (secondary N) is 1. The van der Waals surface area contributed by atoms with Crippen molar-refractivity contribution in [3.63, 3.8) is 0 Å². The Balaban J connectivity index is 0.000000147. The fourth-order valence-corrected chi connectivity index (χ4v) is 19.3. The average Bonchev–Trinajstić information content (AvgIpc) is 1.64. The van der Waals surface area contributed by atoms with Crippen LogP contribution < -0.4 is 19.5 Å². The fraction of sp³-hybridized carbons (Fsp3) is 0.411. The number of benzene rings is 8. The molecule has 15 aromatic rings. The van der Waals surface area contributed by atoms with Crippen LogP contribution in [0.4, 0.5) is 14.5 Å². The smallest absolute Gasteiger partial charge is 0.320 e. The predicted octanol–water partition coefficient (Wildman–Crippen LogP) is 21.3. The maximum atomic E-state index is 13.6. The number of aryl methyl sites for hydroxylation is 4. The van der Waals surface area contributed by atoms with E-state index in [1.54, 1.807) is 60.9 Å². The summed E-state index contributed by atoms with van der Waals surface area (Å²) >= 11 is 6.37. The predicted molar refractivity (Wildman–Crippen MR) is 552 cm³/mol. The number of hydrogen-bond acceptors (Lipinski definition) is 20. The molecule has 32 heteroatoms. The number of likely N-dealkylation sites (tertiary alicyclic amines) is 2. The number of aromatic nitrogens is 12. The van der Waals surface area contributed by atoms with E-state index in [-0.39, 0.29) is 21.9 Å². The van der Waals surface area contributed by atoms with E-state index in [1.807, 2.05) is 118 Å². The maximum Gasteiger partial charge on any atom is 0.320 e. The minimum absolute atomic E-state index is 0.135. The Morgan fingerprint density at radius 3 is 1.58 bits per heavy atom. The minimum Gasteiger partial charge on any atom is -0.492 e. The quantitative estimate of drug-likeness (QED) is 0.0353. The Hall–Kier alpha value is -11.6. The molecule has 740 valence electrons. The summed E-state index contributed by atoms with van der Waals surface area (Å²) in [6.45, 7) is 29.9. The molecule has 0 bridgehead atoms. The molecule has 2 saturated heterocycles. The van der Waals surface area contributed by atoms with E-state index < -0.39 is 26.6 Å². The average molecular weight is 1950 g/mol. The van der Waals surface area contributed by atoms with E-state index in [4.69, 9.17) is 50.5 Å². The van der Waals surface area contributed by atoms with E-state index in [1.165, 1.54) is 124 Å². The molecule has 2 unspecified atom stereocenters. The van der Waals surface area contributed by atoms with Crippen LogP contribution in [0.1, 0.15) is 170 Å². The standard InChI is InChI=1S/C23H31ClN4O4S.C23H29N3O.C22H27N3O.C21H29N5O2S.C18H20F2N4/c1-5-12-28-21-11-10-17(33(29,30)27(3)4)15-20(21)26-22(28)16-25-19-9-7-8-18(24)23(19)32-14-13-31-6-2;1-18-10-11-20(16-19(18)2)27-15-14-26-22-9-5-4-8-21(22)24-23(26)17-25-12-6-3-7-13-25;1-18(24-14-8-3-9-15-24)22-23-20-12-6-7-13-21(20)25(22)16-17-26-19-10-4-2-5-11-19;1-6-13-26-20-11-10-17(29(27,28)24(3)4)14-19(20)23-21(26)15-25(5)16(2)18-9-7-8-12-22-18;1-13(2)23(11-14-7-5-6-10-21-14)12-17-22-15-8-3-4-9-16(15)24(17)18(19)20/h7-11,15,25H,5-6,12-14,16H2,1-4H3;4-5,8-11,16H,3,6-7,12-15,17H2,1-2H3;2,4-7,10-13,18H,3,8-9,14-17H2,1H3;7-12,14,16H,6,13,15H2,1-5H3;3-10,13,18H,11-12H2,1-2H3. The van der Waals surface area contributed by atoms with E-state index in [2.05, 4.69) is 173 Å². The number of hydrogen-bond donors (Lipinski definition) is 1. The second-order valence-electron chi connectivity index (χ2n) is 35.7. The number of imidazole rings is 5. The summed E-state index contributed by atoms with van der Waals surface area (Å²) in [4.78, 5) is 42.5. The highest BCUT2D eigenvalue weighted by atomic mass is 35.5. The summed E-state index contributed by atoms with van der Waals surface area (Å²) < 4.78 is 113. The number of sulfonamides is 2. The van der Waals surface area contributed by atoms with Gasteiger partial charge in [-0.3, -0.25) is 34.1 Å². The van der Waals surface area contributed by atoms with E-state index in [0.29, 0.717) is 104 Å². The van der Waals surface area contributed by atoms with Gasteiger partial charge in [-0.25, -0.2) is 50.4 Å². The van der Waals surface area contributed by atoms with Crippen molar-refractivity contribution in [3.8, 4) is 17.2 Å². The number of ether oxygens (including phenoxy) is 4. The van der Waals surface area contributed by atoms with Gasteiger partial charge in [-0.1, -0.05) is 117 Å². The molecule has 139 heavy (non-hydrogen) atoms. The molecule has 2 fully saturated rings. The number of rotatable bonds is 38. The number of para-hydroxylation sites is 8. The molecule has 2 aliphatic heterocycles. The van der Waals surface area contributed by atoms with Crippen LogP contribution in [0.25, 0.3) is 55.2 Å². The lowest BCUT2D eigenvalue weighted by atomic mass is 10.1. The molecule has 0 radical (unpaired) electrons. The zero-order chi connectivity index (χ0) is 98.7. The first kappa shape index (κ1) is 105. The van der Waals surface area contributed by atoms with Gasteiger partial charge in [-0.15, -0.1) is 0 Å². The van der Waals surface area contributed by atoms with Gasteiger partial charge < -0.3 is 42.5 Å². The van der Waals surface area contributed by atoms with Gasteiger partial charge in [0.1, 0.15) is 60.4 Å². The molecule has 1 N–H and O–H groups in total. The van der Waals surface area contributed by atoms with Crippen molar-refractivity contribution in [1.29, 1.82) is 0 Å². The zero-order valence-corrected chi connectivity index (χ0v) is 85.2. The lowest BCUT2D eigenvalue weighted by Crippen LogP contribution is -2.34. The first-order chi connectivity index (χ1) is 67.1. The van der Waals surface area contributed by atoms with Crippen LogP contribution in [0.5, 0.6) is 17.2 Å². The van der Waals surface area contributed by atoms with Crippen molar-refractivity contribution in [3.05, 3.63) is 281 Å². The SMILES string of the molecule is CC(C)N(Cc1ccccn1)Cc1nc2ccccc2n1C(F)F.CC(c1nc2ccccc2n1CCOc1ccccc1)N1CCCCC1.CCCn1c(CN(C)C(C)c2ccccn2)nc2cc(S(=O)(=O)N(C)C)ccc21.CCCn1c(CNc2cccc(Cl)c2OCCOCC)nc2cc(S(=O)(=O)N(C)C)ccc21.Cc1ccc(OCCn2c(CN3CCCCC3)nc3ccccc32)cc1C. The summed E-state index contributed by atoms with van der Waals surface area (Å²) in [5.74, 6) is 6.83. The molecule has 0 aliphatic carbocycles. The summed E-state index contributed by atoms with van der Waals surface area (Å²) in [6, 6.07) is 68.3. The molecular weight excluding hydrogens is 1820 g/mol. The van der Waals surface area contributed by atoms with Gasteiger partial charge in [0, 0.05) is 78.9 Å². The minimum atomic E-state index is -3.54. The molecule has 7 aromatic heterocycles. The Labute approximate surface area is 823 Å². The van der Waals surface area contributed by atoms with Crippen LogP contribution in [-0.4, -0.2) is 203 Å². The van der Waals surface area contributed by atoms with Crippen molar-refractivity contribution in [2.75, 3.05) is 99.8 Å². The Bertz CT molecular complexity index is 6670. The first-order valence-corrected chi connectivity index (χ1v) is 51.7. The maximum absolute atomic E-state index is 13.6. The van der Waals surface area contributed by atoms with Gasteiger partial charge in [0.25, 0.3) is 0 Å². The third-order valence-electron chi connectivity index (χ3n) is 25.3. The van der Waals surface area contributed by atoms with E-state index in [0.717, 1.165) is 124 Å². The monoisotopic (exact) mass is 1950 g/mol. The topological polar surface area (TPSA) is 252 Å². The van der Waals surface area contributed by atoms with E-state index >= 15 is 0 Å². The van der Waals surface area contributed by atoms with Crippen molar-refractivity contribution < 1.29 is 44.6 Å². The number of nitrogens with zero attached hydrogens (tertiary/aromatic N) is 18.